The summed E-state index contributed by atoms with van der Waals surface area (Å²) in [4.78, 5) is 0. The zero-order valence-corrected chi connectivity index (χ0v) is 11.9. The predicted octanol–water partition coefficient (Wildman–Crippen LogP) is 1.24. The van der Waals surface area contributed by atoms with Gasteiger partial charge in [-0.1, -0.05) is 0 Å². The first-order valence-corrected chi connectivity index (χ1v) is 6.42. The Morgan fingerprint density at radius 2 is 1.75 bits per heavy atom. The van der Waals surface area contributed by atoms with Crippen molar-refractivity contribution in [3.8, 4) is 23.0 Å². The molecule has 0 radical (unpaired) electrons. The van der Waals surface area contributed by atoms with Gasteiger partial charge in [-0.15, -0.1) is 0 Å². The van der Waals surface area contributed by atoms with Crippen molar-refractivity contribution in [2.45, 2.75) is 18.6 Å². The molecule has 0 bridgehead atoms. The average molecular weight is 284 g/mol. The van der Waals surface area contributed by atoms with Crippen LogP contribution in [-0.2, 0) is 4.74 Å². The Labute approximate surface area is 118 Å². The maximum absolute atomic E-state index is 9.89. The highest BCUT2D eigenvalue weighted by Gasteiger charge is 2.26. The van der Waals surface area contributed by atoms with Gasteiger partial charge in [0.2, 0.25) is 5.75 Å². The van der Waals surface area contributed by atoms with Gasteiger partial charge < -0.3 is 28.8 Å². The van der Waals surface area contributed by atoms with Crippen LogP contribution in [0, 0.1) is 0 Å². The first-order valence-electron chi connectivity index (χ1n) is 6.42. The highest BCUT2D eigenvalue weighted by molar-refractivity contribution is 5.55. The molecule has 1 aromatic carbocycles. The van der Waals surface area contributed by atoms with Crippen LogP contribution in [-0.4, -0.2) is 51.9 Å². The highest BCUT2D eigenvalue weighted by Crippen LogP contribution is 2.41. The molecule has 1 fully saturated rings. The van der Waals surface area contributed by atoms with Crippen molar-refractivity contribution in [3.05, 3.63) is 12.1 Å². The van der Waals surface area contributed by atoms with E-state index in [0.717, 1.165) is 0 Å². The molecule has 6 nitrogen and oxygen atoms in total. The third-order valence-electron chi connectivity index (χ3n) is 3.19. The van der Waals surface area contributed by atoms with Crippen LogP contribution in [0.15, 0.2) is 12.1 Å². The van der Waals surface area contributed by atoms with E-state index in [-0.39, 0.29) is 0 Å². The van der Waals surface area contributed by atoms with Crippen LogP contribution in [0.3, 0.4) is 0 Å². The van der Waals surface area contributed by atoms with Crippen molar-refractivity contribution in [1.82, 2.24) is 0 Å². The fourth-order valence-electron chi connectivity index (χ4n) is 2.11. The van der Waals surface area contributed by atoms with E-state index in [0.29, 0.717) is 42.6 Å². The van der Waals surface area contributed by atoms with Crippen molar-refractivity contribution in [2.24, 2.45) is 0 Å². The number of rotatable bonds is 5. The van der Waals surface area contributed by atoms with E-state index in [1.807, 2.05) is 0 Å². The lowest BCUT2D eigenvalue weighted by molar-refractivity contribution is -0.0736. The molecule has 1 N–H and O–H groups in total. The number of aliphatic hydroxyl groups is 1. The number of methoxy groups -OCH3 is 3. The first kappa shape index (κ1) is 14.7. The summed E-state index contributed by atoms with van der Waals surface area (Å²) < 4.78 is 26.8. The molecule has 2 rings (SSSR count). The Morgan fingerprint density at radius 3 is 2.25 bits per heavy atom. The van der Waals surface area contributed by atoms with Gasteiger partial charge in [0.05, 0.1) is 34.0 Å². The molecule has 112 valence electrons. The van der Waals surface area contributed by atoms with E-state index < -0.39 is 12.2 Å². The second kappa shape index (κ2) is 6.67. The number of ether oxygens (including phenoxy) is 5. The number of aliphatic hydroxyl groups excluding tert-OH is 1. The van der Waals surface area contributed by atoms with E-state index in [4.69, 9.17) is 23.7 Å². The largest absolute Gasteiger partial charge is 0.493 e. The smallest absolute Gasteiger partial charge is 0.203 e. The Hall–Kier alpha value is -1.66. The maximum Gasteiger partial charge on any atom is 0.203 e. The van der Waals surface area contributed by atoms with Gasteiger partial charge in [0.1, 0.15) is 11.9 Å². The summed E-state index contributed by atoms with van der Waals surface area (Å²) in [7, 11) is 4.62. The molecule has 1 aromatic rings. The molecule has 2 atom stereocenters. The molecular formula is C14H20O6. The van der Waals surface area contributed by atoms with Crippen LogP contribution < -0.4 is 18.9 Å². The van der Waals surface area contributed by atoms with E-state index in [2.05, 4.69) is 0 Å². The number of hydrogen-bond donors (Lipinski definition) is 1. The summed E-state index contributed by atoms with van der Waals surface area (Å²) >= 11 is 0. The Morgan fingerprint density at radius 1 is 1.10 bits per heavy atom. The van der Waals surface area contributed by atoms with Gasteiger partial charge in [-0.25, -0.2) is 0 Å². The van der Waals surface area contributed by atoms with Gasteiger partial charge in [-0.3, -0.25) is 0 Å². The van der Waals surface area contributed by atoms with Crippen LogP contribution in [0.25, 0.3) is 0 Å². The minimum absolute atomic E-state index is 0.359. The second-order valence-corrected chi connectivity index (χ2v) is 4.45. The molecule has 1 saturated heterocycles. The fourth-order valence-corrected chi connectivity index (χ4v) is 2.11. The van der Waals surface area contributed by atoms with Gasteiger partial charge in [0, 0.05) is 25.2 Å². The summed E-state index contributed by atoms with van der Waals surface area (Å²) in [5.41, 5.74) is 0. The van der Waals surface area contributed by atoms with E-state index in [1.54, 1.807) is 33.5 Å². The van der Waals surface area contributed by atoms with Gasteiger partial charge in [-0.05, 0) is 0 Å². The van der Waals surface area contributed by atoms with Gasteiger partial charge in [0.15, 0.2) is 11.5 Å². The van der Waals surface area contributed by atoms with Crippen molar-refractivity contribution in [3.63, 3.8) is 0 Å². The van der Waals surface area contributed by atoms with Crippen LogP contribution in [0.2, 0.25) is 0 Å². The lowest BCUT2D eigenvalue weighted by Crippen LogP contribution is -2.40. The van der Waals surface area contributed by atoms with Gasteiger partial charge in [-0.2, -0.15) is 0 Å². The molecule has 6 heteroatoms. The van der Waals surface area contributed by atoms with Gasteiger partial charge >= 0.3 is 0 Å². The molecule has 0 spiro atoms. The topological polar surface area (TPSA) is 66.4 Å². The second-order valence-electron chi connectivity index (χ2n) is 4.45. The summed E-state index contributed by atoms with van der Waals surface area (Å²) in [6, 6.07) is 3.39. The van der Waals surface area contributed by atoms with E-state index in [9.17, 15) is 5.11 Å². The molecule has 0 aromatic heterocycles. The monoisotopic (exact) mass is 284 g/mol. The molecule has 1 aliphatic heterocycles. The summed E-state index contributed by atoms with van der Waals surface area (Å²) in [6.07, 6.45) is -0.371. The van der Waals surface area contributed by atoms with Gasteiger partial charge in [0.25, 0.3) is 0 Å². The molecule has 0 aliphatic carbocycles. The Bertz CT molecular complexity index is 422. The van der Waals surface area contributed by atoms with Crippen LogP contribution in [0.5, 0.6) is 23.0 Å². The van der Waals surface area contributed by atoms with Crippen molar-refractivity contribution < 1.29 is 28.8 Å². The lowest BCUT2D eigenvalue weighted by atomic mass is 10.1. The number of hydrogen-bond acceptors (Lipinski definition) is 6. The Balaban J connectivity index is 2.23. The quantitative estimate of drug-likeness (QED) is 0.877. The third kappa shape index (κ3) is 3.08. The molecule has 1 heterocycles. The average Bonchev–Trinajstić information content (AvgIpc) is 2.48. The van der Waals surface area contributed by atoms with Crippen LogP contribution in [0.4, 0.5) is 0 Å². The normalized spacial score (nSPS) is 22.2. The third-order valence-corrected chi connectivity index (χ3v) is 3.19. The zero-order chi connectivity index (χ0) is 14.5. The molecular weight excluding hydrogens is 264 g/mol. The molecule has 0 amide bonds. The van der Waals surface area contributed by atoms with Crippen LogP contribution >= 0.6 is 0 Å². The first-order chi connectivity index (χ1) is 9.69. The molecule has 0 saturated carbocycles. The number of benzene rings is 1. The standard InChI is InChI=1S/C14H20O6/c1-16-11-6-9(7-12(17-2)14(11)18-3)20-13-8-19-5-4-10(13)15/h6-7,10,13,15H,4-5,8H2,1-3H3. The maximum atomic E-state index is 9.89. The van der Waals surface area contributed by atoms with Crippen molar-refractivity contribution >= 4 is 0 Å². The summed E-state index contributed by atoms with van der Waals surface area (Å²) in [5.74, 6) is 2.05. The Kier molecular flexibility index (Phi) is 4.92. The van der Waals surface area contributed by atoms with Crippen molar-refractivity contribution in [2.75, 3.05) is 34.5 Å². The zero-order valence-electron chi connectivity index (χ0n) is 11.9. The van der Waals surface area contributed by atoms with Crippen molar-refractivity contribution in [1.29, 1.82) is 0 Å². The summed E-state index contributed by atoms with van der Waals surface area (Å²) in [5, 5.41) is 9.89. The molecule has 2 unspecified atom stereocenters. The minimum Gasteiger partial charge on any atom is -0.493 e. The molecule has 20 heavy (non-hydrogen) atoms. The summed E-state index contributed by atoms with van der Waals surface area (Å²) in [6.45, 7) is 0.911. The minimum atomic E-state index is -0.539. The van der Waals surface area contributed by atoms with Crippen LogP contribution in [0.1, 0.15) is 6.42 Å². The fraction of sp³-hybridized carbons (Fsp3) is 0.571. The molecule has 1 aliphatic rings. The van der Waals surface area contributed by atoms with E-state index >= 15 is 0 Å². The highest BCUT2D eigenvalue weighted by atomic mass is 16.6. The lowest BCUT2D eigenvalue weighted by Gasteiger charge is -2.28. The van der Waals surface area contributed by atoms with E-state index in [1.165, 1.54) is 0 Å². The predicted molar refractivity (Wildman–Crippen MR) is 72.0 cm³/mol. The SMILES string of the molecule is COc1cc(OC2COCCC2O)cc(OC)c1OC.